The van der Waals surface area contributed by atoms with Crippen molar-refractivity contribution in [3.63, 3.8) is 0 Å². The Morgan fingerprint density at radius 2 is 1.47 bits per heavy atom. The minimum atomic E-state index is -3.90. The van der Waals surface area contributed by atoms with Crippen LogP contribution in [0.1, 0.15) is 61.4 Å². The normalized spacial score (nSPS) is 11.4. The number of nitrogens with one attached hydrogen (secondary N) is 1. The van der Waals surface area contributed by atoms with Crippen molar-refractivity contribution >= 4 is 22.2 Å². The largest absolute Gasteiger partial charge is 0.494 e. The fourth-order valence-electron chi connectivity index (χ4n) is 3.38. The van der Waals surface area contributed by atoms with Crippen LogP contribution in [0.2, 0.25) is 0 Å². The van der Waals surface area contributed by atoms with Crippen LogP contribution in [0.3, 0.4) is 0 Å². The molecule has 1 N–H and O–H groups in total. The topological polar surface area (TPSA) is 94.1 Å². The molecule has 0 spiro atoms. The van der Waals surface area contributed by atoms with E-state index in [1.54, 1.807) is 54.6 Å². The first-order chi connectivity index (χ1) is 17.5. The summed E-state index contributed by atoms with van der Waals surface area (Å²) in [5.41, 5.74) is 3.61. The summed E-state index contributed by atoms with van der Waals surface area (Å²) in [6.45, 7) is 2.88. The molecule has 0 aromatic heterocycles. The molecule has 8 heteroatoms. The zero-order valence-corrected chi connectivity index (χ0v) is 21.2. The molecule has 0 atom stereocenters. The zero-order chi connectivity index (χ0) is 25.6. The Morgan fingerprint density at radius 3 is 2.17 bits per heavy atom. The number of carbonyl (C=O) groups excluding carboxylic acids is 1. The quantitative estimate of drug-likeness (QED) is 0.126. The van der Waals surface area contributed by atoms with Gasteiger partial charge in [-0.25, -0.2) is 5.43 Å². The average molecular weight is 509 g/mol. The Bertz CT molecular complexity index is 1210. The molecule has 3 aromatic rings. The predicted molar refractivity (Wildman–Crippen MR) is 141 cm³/mol. The molecule has 1 amide bonds. The molecule has 36 heavy (non-hydrogen) atoms. The third-order valence-corrected chi connectivity index (χ3v) is 6.64. The Labute approximate surface area is 213 Å². The van der Waals surface area contributed by atoms with Crippen molar-refractivity contribution in [1.82, 2.24) is 5.43 Å². The Balaban J connectivity index is 1.43. The molecule has 7 nitrogen and oxygen atoms in total. The lowest BCUT2D eigenvalue weighted by Crippen LogP contribution is -2.17. The van der Waals surface area contributed by atoms with E-state index in [1.807, 2.05) is 0 Å². The molecule has 0 saturated carbocycles. The highest BCUT2D eigenvalue weighted by molar-refractivity contribution is 7.87. The van der Waals surface area contributed by atoms with Crippen LogP contribution in [-0.4, -0.2) is 27.1 Å². The molecule has 3 rings (SSSR count). The van der Waals surface area contributed by atoms with E-state index in [0.717, 1.165) is 12.2 Å². The highest BCUT2D eigenvalue weighted by Gasteiger charge is 2.15. The number of hydrazone groups is 1. The average Bonchev–Trinajstić information content (AvgIpc) is 2.90. The fraction of sp³-hybridized carbons (Fsp3) is 0.286. The van der Waals surface area contributed by atoms with Gasteiger partial charge in [0.2, 0.25) is 0 Å². The van der Waals surface area contributed by atoms with Gasteiger partial charge in [0.05, 0.1) is 12.8 Å². The summed E-state index contributed by atoms with van der Waals surface area (Å²) in [4.78, 5) is 12.4. The molecule has 0 heterocycles. The van der Waals surface area contributed by atoms with Crippen LogP contribution in [0.25, 0.3) is 0 Å². The smallest absolute Gasteiger partial charge is 0.339 e. The molecular formula is C28H32N2O5S. The van der Waals surface area contributed by atoms with E-state index in [1.165, 1.54) is 62.6 Å². The Morgan fingerprint density at radius 1 is 0.833 bits per heavy atom. The van der Waals surface area contributed by atoms with Gasteiger partial charge in [0.25, 0.3) is 5.91 Å². The summed E-state index contributed by atoms with van der Waals surface area (Å²) in [5, 5.41) is 3.97. The molecule has 0 radical (unpaired) electrons. The second-order valence-electron chi connectivity index (χ2n) is 8.26. The number of nitrogens with zero attached hydrogens (tertiary/aromatic N) is 1. The van der Waals surface area contributed by atoms with Gasteiger partial charge in [-0.2, -0.15) is 13.5 Å². The first-order valence-electron chi connectivity index (χ1n) is 12.1. The van der Waals surface area contributed by atoms with E-state index in [4.69, 9.17) is 8.92 Å². The molecule has 0 aliphatic rings. The van der Waals surface area contributed by atoms with E-state index >= 15 is 0 Å². The number of rotatable bonds is 14. The molecule has 0 aliphatic carbocycles. The van der Waals surface area contributed by atoms with E-state index in [2.05, 4.69) is 17.5 Å². The Hall–Kier alpha value is -3.65. The number of carbonyl (C=O) groups is 1. The third kappa shape index (κ3) is 8.85. The van der Waals surface area contributed by atoms with Crippen LogP contribution in [0.15, 0.2) is 88.9 Å². The molecule has 0 bridgehead atoms. The van der Waals surface area contributed by atoms with Crippen molar-refractivity contribution in [1.29, 1.82) is 0 Å². The summed E-state index contributed by atoms with van der Waals surface area (Å²) >= 11 is 0. The van der Waals surface area contributed by atoms with Crippen LogP contribution in [0, 0.1) is 0 Å². The van der Waals surface area contributed by atoms with Gasteiger partial charge in [0, 0.05) is 5.56 Å². The minimum absolute atomic E-state index is 0.0794. The Kier molecular flexibility index (Phi) is 10.5. The summed E-state index contributed by atoms with van der Waals surface area (Å²) in [7, 11) is -3.90. The zero-order valence-electron chi connectivity index (χ0n) is 20.4. The van der Waals surface area contributed by atoms with E-state index in [9.17, 15) is 13.2 Å². The minimum Gasteiger partial charge on any atom is -0.494 e. The SMILES string of the molecule is CCCCCCCCOc1ccc(C(=O)N/N=C/c2ccc(OS(=O)(=O)c3ccccc3)cc2)cc1. The number of benzene rings is 3. The van der Waals surface area contributed by atoms with Crippen LogP contribution in [-0.2, 0) is 10.1 Å². The number of hydrogen-bond donors (Lipinski definition) is 1. The molecule has 0 saturated heterocycles. The lowest BCUT2D eigenvalue weighted by molar-refractivity contribution is 0.0955. The second-order valence-corrected chi connectivity index (χ2v) is 9.81. The van der Waals surface area contributed by atoms with Crippen LogP contribution in [0.5, 0.6) is 11.5 Å². The van der Waals surface area contributed by atoms with Gasteiger partial charge >= 0.3 is 10.1 Å². The second kappa shape index (κ2) is 14.0. The highest BCUT2D eigenvalue weighted by Crippen LogP contribution is 2.19. The van der Waals surface area contributed by atoms with Gasteiger partial charge in [-0.1, -0.05) is 57.2 Å². The van der Waals surface area contributed by atoms with E-state index in [-0.39, 0.29) is 16.6 Å². The van der Waals surface area contributed by atoms with Crippen molar-refractivity contribution in [2.24, 2.45) is 5.10 Å². The number of hydrogen-bond acceptors (Lipinski definition) is 6. The summed E-state index contributed by atoms with van der Waals surface area (Å²) in [6, 6.07) is 21.2. The first-order valence-corrected chi connectivity index (χ1v) is 13.5. The maximum Gasteiger partial charge on any atom is 0.339 e. The van der Waals surface area contributed by atoms with Gasteiger partial charge in [0.1, 0.15) is 16.4 Å². The molecule has 3 aromatic carbocycles. The van der Waals surface area contributed by atoms with Crippen LogP contribution < -0.4 is 14.3 Å². The van der Waals surface area contributed by atoms with Gasteiger partial charge in [-0.05, 0) is 72.6 Å². The number of ether oxygens (including phenoxy) is 1. The molecule has 190 valence electrons. The molecule has 0 aliphatic heterocycles. The van der Waals surface area contributed by atoms with E-state index in [0.29, 0.717) is 17.7 Å². The molecule has 0 unspecified atom stereocenters. The predicted octanol–water partition coefficient (Wildman–Crippen LogP) is 5.96. The maximum atomic E-state index is 12.3. The standard InChI is InChI=1S/C28H32N2O5S/c1-2-3-4-5-6-10-21-34-25-19-15-24(16-20-25)28(31)30-29-22-23-13-17-26(18-14-23)35-36(32,33)27-11-8-7-9-12-27/h7-9,11-20,22H,2-6,10,21H2,1H3,(H,30,31)/b29-22+. The van der Waals surface area contributed by atoms with Crippen molar-refractivity contribution in [2.45, 2.75) is 50.3 Å². The van der Waals surface area contributed by atoms with Gasteiger partial charge in [-0.3, -0.25) is 4.79 Å². The van der Waals surface area contributed by atoms with Crippen molar-refractivity contribution < 1.29 is 22.1 Å². The molecular weight excluding hydrogens is 476 g/mol. The first kappa shape index (κ1) is 26.9. The lowest BCUT2D eigenvalue weighted by atomic mass is 10.1. The van der Waals surface area contributed by atoms with Crippen molar-refractivity contribution in [3.05, 3.63) is 90.0 Å². The fourth-order valence-corrected chi connectivity index (χ4v) is 4.33. The van der Waals surface area contributed by atoms with Gasteiger partial charge in [-0.15, -0.1) is 0 Å². The highest BCUT2D eigenvalue weighted by atomic mass is 32.2. The van der Waals surface area contributed by atoms with Crippen LogP contribution >= 0.6 is 0 Å². The van der Waals surface area contributed by atoms with Gasteiger partial charge in [0.15, 0.2) is 0 Å². The summed E-state index contributed by atoms with van der Waals surface area (Å²) in [6.07, 6.45) is 8.71. The molecule has 0 fully saturated rings. The summed E-state index contributed by atoms with van der Waals surface area (Å²) in [5.74, 6) is 0.571. The lowest BCUT2D eigenvalue weighted by Gasteiger charge is -2.07. The number of unbranched alkanes of at least 4 members (excludes halogenated alkanes) is 5. The number of amides is 1. The van der Waals surface area contributed by atoms with Crippen molar-refractivity contribution in [2.75, 3.05) is 6.61 Å². The summed E-state index contributed by atoms with van der Waals surface area (Å²) < 4.78 is 35.5. The third-order valence-electron chi connectivity index (χ3n) is 5.38. The van der Waals surface area contributed by atoms with Gasteiger partial charge < -0.3 is 8.92 Å². The van der Waals surface area contributed by atoms with Crippen molar-refractivity contribution in [3.8, 4) is 11.5 Å². The van der Waals surface area contributed by atoms with E-state index < -0.39 is 10.1 Å². The van der Waals surface area contributed by atoms with Crippen LogP contribution in [0.4, 0.5) is 0 Å². The maximum absolute atomic E-state index is 12.3. The monoisotopic (exact) mass is 508 g/mol.